The van der Waals surface area contributed by atoms with Crippen molar-refractivity contribution >= 4 is 22.4 Å². The Morgan fingerprint density at radius 1 is 1.00 bits per heavy atom. The summed E-state index contributed by atoms with van der Waals surface area (Å²) in [5.41, 5.74) is 2.25. The van der Waals surface area contributed by atoms with E-state index < -0.39 is 0 Å². The number of hydrogen-bond acceptors (Lipinski definition) is 7. The highest BCUT2D eigenvalue weighted by Crippen LogP contribution is 2.35. The van der Waals surface area contributed by atoms with Gasteiger partial charge in [-0.2, -0.15) is 0 Å². The highest BCUT2D eigenvalue weighted by atomic mass is 16.5. The van der Waals surface area contributed by atoms with Crippen LogP contribution in [-0.4, -0.2) is 41.5 Å². The van der Waals surface area contributed by atoms with Gasteiger partial charge in [0.05, 0.1) is 18.7 Å². The van der Waals surface area contributed by atoms with Crippen LogP contribution in [0.15, 0.2) is 72.0 Å². The first-order valence-electron chi connectivity index (χ1n) is 10.7. The van der Waals surface area contributed by atoms with Gasteiger partial charge in [0.1, 0.15) is 25.4 Å². The fourth-order valence-electron chi connectivity index (χ4n) is 3.30. The van der Waals surface area contributed by atoms with E-state index in [9.17, 15) is 4.79 Å². The summed E-state index contributed by atoms with van der Waals surface area (Å²) < 4.78 is 19.0. The summed E-state index contributed by atoms with van der Waals surface area (Å²) >= 11 is 0. The van der Waals surface area contributed by atoms with Crippen LogP contribution < -0.4 is 20.2 Å². The monoisotopic (exact) mass is 456 g/mol. The van der Waals surface area contributed by atoms with Crippen molar-refractivity contribution in [2.24, 2.45) is 0 Å². The molecule has 8 heteroatoms. The Bertz CT molecular complexity index is 1360. The third-order valence-electron chi connectivity index (χ3n) is 5.01. The van der Waals surface area contributed by atoms with E-state index in [1.54, 1.807) is 19.5 Å². The van der Waals surface area contributed by atoms with Crippen LogP contribution in [0, 0.1) is 12.3 Å². The Morgan fingerprint density at radius 3 is 2.59 bits per heavy atom. The second-order valence-electron chi connectivity index (χ2n) is 7.35. The van der Waals surface area contributed by atoms with Gasteiger partial charge < -0.3 is 24.1 Å². The van der Waals surface area contributed by atoms with Gasteiger partial charge in [-0.1, -0.05) is 12.0 Å². The molecule has 1 N–H and O–H groups in total. The van der Waals surface area contributed by atoms with E-state index in [-0.39, 0.29) is 5.43 Å². The summed E-state index contributed by atoms with van der Waals surface area (Å²) in [4.78, 5) is 20.1. The smallest absolute Gasteiger partial charge is 0.181 e. The molecule has 2 aromatic carbocycles. The molecule has 0 atom stereocenters. The lowest BCUT2D eigenvalue weighted by atomic mass is 10.2. The maximum Gasteiger partial charge on any atom is 0.181 e. The van der Waals surface area contributed by atoms with Crippen molar-refractivity contribution in [1.29, 1.82) is 0 Å². The van der Waals surface area contributed by atoms with Crippen LogP contribution in [0.1, 0.15) is 5.56 Å². The molecule has 2 aromatic heterocycles. The average Bonchev–Trinajstić information content (AvgIpc) is 2.86. The Morgan fingerprint density at radius 2 is 1.79 bits per heavy atom. The van der Waals surface area contributed by atoms with Gasteiger partial charge >= 0.3 is 0 Å². The quantitative estimate of drug-likeness (QED) is 0.288. The SMILES string of the molecule is C#Cc1cccc(Nc2ncnc3cc(OCCn4ccc(=O)cc4)c(OCCOC)cc23)c1. The predicted octanol–water partition coefficient (Wildman–Crippen LogP) is 3.62. The molecule has 34 heavy (non-hydrogen) atoms. The minimum atomic E-state index is -0.0318. The number of aromatic nitrogens is 3. The molecule has 0 bridgehead atoms. The van der Waals surface area contributed by atoms with Crippen LogP contribution >= 0.6 is 0 Å². The summed E-state index contributed by atoms with van der Waals surface area (Å²) in [5.74, 6) is 4.37. The summed E-state index contributed by atoms with van der Waals surface area (Å²) in [6.07, 6.45) is 10.5. The van der Waals surface area contributed by atoms with Crippen LogP contribution in [0.3, 0.4) is 0 Å². The average molecular weight is 457 g/mol. The van der Waals surface area contributed by atoms with Gasteiger partial charge in [0.25, 0.3) is 0 Å². The lowest BCUT2D eigenvalue weighted by Gasteiger charge is -2.16. The van der Waals surface area contributed by atoms with E-state index in [1.165, 1.54) is 18.5 Å². The number of nitrogens with one attached hydrogen (secondary N) is 1. The number of methoxy groups -OCH3 is 1. The normalized spacial score (nSPS) is 10.6. The van der Waals surface area contributed by atoms with Gasteiger partial charge in [-0.25, -0.2) is 9.97 Å². The van der Waals surface area contributed by atoms with E-state index in [0.717, 1.165) is 16.6 Å². The minimum absolute atomic E-state index is 0.0318. The van der Waals surface area contributed by atoms with Crippen molar-refractivity contribution in [3.8, 4) is 23.8 Å². The number of hydrogen-bond donors (Lipinski definition) is 1. The van der Waals surface area contributed by atoms with Crippen molar-refractivity contribution < 1.29 is 14.2 Å². The fourth-order valence-corrected chi connectivity index (χ4v) is 3.30. The van der Waals surface area contributed by atoms with Gasteiger partial charge in [-0.3, -0.25) is 4.79 Å². The summed E-state index contributed by atoms with van der Waals surface area (Å²) in [5, 5.41) is 4.08. The molecule has 0 aliphatic carbocycles. The highest BCUT2D eigenvalue weighted by molar-refractivity contribution is 5.93. The molecule has 0 unspecified atom stereocenters. The fraction of sp³-hybridized carbons (Fsp3) is 0.192. The van der Waals surface area contributed by atoms with E-state index in [1.807, 2.05) is 41.0 Å². The number of ether oxygens (including phenoxy) is 3. The van der Waals surface area contributed by atoms with E-state index >= 15 is 0 Å². The van der Waals surface area contributed by atoms with Crippen molar-refractivity contribution in [3.63, 3.8) is 0 Å². The number of fused-ring (bicyclic) bond motifs is 1. The summed E-state index contributed by atoms with van der Waals surface area (Å²) in [7, 11) is 1.62. The third-order valence-corrected chi connectivity index (χ3v) is 5.01. The molecule has 0 fully saturated rings. The van der Waals surface area contributed by atoms with E-state index in [4.69, 9.17) is 20.6 Å². The molecule has 0 aliphatic rings. The second-order valence-corrected chi connectivity index (χ2v) is 7.35. The number of pyridine rings is 1. The lowest BCUT2D eigenvalue weighted by Crippen LogP contribution is -2.11. The molecule has 0 saturated heterocycles. The zero-order chi connectivity index (χ0) is 23.8. The Hall–Kier alpha value is -4.35. The van der Waals surface area contributed by atoms with Crippen LogP contribution in [0.2, 0.25) is 0 Å². The number of nitrogens with zero attached hydrogens (tertiary/aromatic N) is 3. The van der Waals surface area contributed by atoms with Crippen molar-refractivity contribution in [3.05, 3.63) is 83.0 Å². The maximum atomic E-state index is 11.3. The number of anilines is 2. The molecular weight excluding hydrogens is 432 g/mol. The van der Waals surface area contributed by atoms with Crippen LogP contribution in [0.25, 0.3) is 10.9 Å². The lowest BCUT2D eigenvalue weighted by molar-refractivity contribution is 0.143. The van der Waals surface area contributed by atoms with Gasteiger partial charge in [0.2, 0.25) is 0 Å². The van der Waals surface area contributed by atoms with Crippen molar-refractivity contribution in [2.75, 3.05) is 32.2 Å². The highest BCUT2D eigenvalue weighted by Gasteiger charge is 2.13. The largest absolute Gasteiger partial charge is 0.488 e. The first-order chi connectivity index (χ1) is 16.7. The Kier molecular flexibility index (Phi) is 7.38. The van der Waals surface area contributed by atoms with Gasteiger partial charge in [-0.05, 0) is 24.3 Å². The second kappa shape index (κ2) is 11.0. The first-order valence-corrected chi connectivity index (χ1v) is 10.7. The summed E-state index contributed by atoms with van der Waals surface area (Å²) in [6, 6.07) is 14.2. The first kappa shape index (κ1) is 22.8. The predicted molar refractivity (Wildman–Crippen MR) is 131 cm³/mol. The molecule has 0 radical (unpaired) electrons. The molecule has 4 aromatic rings. The van der Waals surface area contributed by atoms with Gasteiger partial charge in [0.15, 0.2) is 16.9 Å². The number of terminal acetylenes is 1. The third kappa shape index (κ3) is 5.71. The van der Waals surface area contributed by atoms with Crippen LogP contribution in [0.5, 0.6) is 11.5 Å². The van der Waals surface area contributed by atoms with Crippen molar-refractivity contribution in [1.82, 2.24) is 14.5 Å². The molecule has 0 saturated carbocycles. The number of benzene rings is 2. The molecule has 172 valence electrons. The van der Waals surface area contributed by atoms with Crippen LogP contribution in [0.4, 0.5) is 11.5 Å². The molecule has 4 rings (SSSR count). The molecule has 0 aliphatic heterocycles. The molecule has 0 amide bonds. The molecule has 2 heterocycles. The minimum Gasteiger partial charge on any atom is -0.488 e. The summed E-state index contributed by atoms with van der Waals surface area (Å²) in [6.45, 7) is 1.74. The van der Waals surface area contributed by atoms with Gasteiger partial charge in [0, 0.05) is 54.3 Å². The Balaban J connectivity index is 1.60. The van der Waals surface area contributed by atoms with Gasteiger partial charge in [-0.15, -0.1) is 6.42 Å². The molecule has 8 nitrogen and oxygen atoms in total. The van der Waals surface area contributed by atoms with E-state index in [0.29, 0.717) is 49.2 Å². The zero-order valence-electron chi connectivity index (χ0n) is 18.7. The topological polar surface area (TPSA) is 87.5 Å². The molecule has 0 spiro atoms. The maximum absolute atomic E-state index is 11.3. The van der Waals surface area contributed by atoms with Crippen LogP contribution in [-0.2, 0) is 11.3 Å². The molecular formula is C26H24N4O4. The van der Waals surface area contributed by atoms with E-state index in [2.05, 4.69) is 21.2 Å². The number of rotatable bonds is 10. The standard InChI is InChI=1S/C26H24N4O4/c1-3-19-5-4-6-20(15-19)29-26-22-16-24(34-14-13-32-2)25(17-23(22)27-18-28-26)33-12-11-30-9-7-21(31)8-10-30/h1,4-10,15-18H,11-14H2,2H3,(H,27,28,29). The van der Waals surface area contributed by atoms with Crippen molar-refractivity contribution in [2.45, 2.75) is 6.54 Å². The Labute approximate surface area is 197 Å². The zero-order valence-corrected chi connectivity index (χ0v) is 18.7.